The molecular formula is C28H31F4N9O5. The number of hydrogen-bond donors (Lipinski definition) is 2. The number of pyridine rings is 1. The third-order valence-corrected chi connectivity index (χ3v) is 7.45. The molecule has 5 rings (SSSR count). The highest BCUT2D eigenvalue weighted by Gasteiger charge is 2.36. The van der Waals surface area contributed by atoms with Gasteiger partial charge >= 0.3 is 12.3 Å². The molecule has 0 spiro atoms. The molecule has 2 fully saturated rings. The van der Waals surface area contributed by atoms with Gasteiger partial charge in [-0.05, 0) is 17.7 Å². The molecule has 3 aromatic heterocycles. The number of anilines is 2. The Labute approximate surface area is 259 Å². The van der Waals surface area contributed by atoms with Crippen molar-refractivity contribution >= 4 is 35.1 Å². The zero-order valence-corrected chi connectivity index (χ0v) is 24.8. The third kappa shape index (κ3) is 7.51. The third-order valence-electron chi connectivity index (χ3n) is 7.45. The molecule has 14 nitrogen and oxygen atoms in total. The first kappa shape index (κ1) is 32.6. The van der Waals surface area contributed by atoms with E-state index in [0.717, 1.165) is 18.9 Å². The fraction of sp³-hybridized carbons (Fsp3) is 0.429. The minimum Gasteiger partial charge on any atom is -0.453 e. The quantitative estimate of drug-likeness (QED) is 0.275. The van der Waals surface area contributed by atoms with Gasteiger partial charge in [0, 0.05) is 58.2 Å². The maximum atomic E-state index is 14.2. The van der Waals surface area contributed by atoms with Crippen LogP contribution in [0.3, 0.4) is 0 Å². The van der Waals surface area contributed by atoms with Crippen LogP contribution < -0.4 is 15.5 Å². The average Bonchev–Trinajstić information content (AvgIpc) is 3.45. The molecule has 0 aromatic carbocycles. The smallest absolute Gasteiger partial charge is 0.417 e. The SMILES string of the molecule is C=C(F)C(=O)NCC(=O)N1CCN(Cc2cc3c(N4CCOCC4)nc(-c4cnc(NC(=O)OC)cc4C(F)(F)F)nn3c2)CC1. The topological polar surface area (TPSA) is 147 Å². The van der Waals surface area contributed by atoms with Crippen molar-refractivity contribution < 1.29 is 41.4 Å². The van der Waals surface area contributed by atoms with Gasteiger partial charge in [-0.25, -0.2) is 23.7 Å². The number of carbonyl (C=O) groups is 3. The van der Waals surface area contributed by atoms with Gasteiger partial charge in [-0.3, -0.25) is 19.8 Å². The molecule has 0 bridgehead atoms. The van der Waals surface area contributed by atoms with Gasteiger partial charge in [0.2, 0.25) is 5.91 Å². The summed E-state index contributed by atoms with van der Waals surface area (Å²) in [5.41, 5.74) is -0.0519. The van der Waals surface area contributed by atoms with E-state index in [4.69, 9.17) is 4.74 Å². The van der Waals surface area contributed by atoms with Crippen molar-refractivity contribution in [3.8, 4) is 11.4 Å². The monoisotopic (exact) mass is 649 g/mol. The average molecular weight is 650 g/mol. The molecule has 2 aliphatic rings. The van der Waals surface area contributed by atoms with Crippen LogP contribution in [0.15, 0.2) is 36.9 Å². The Morgan fingerprint density at radius 3 is 2.46 bits per heavy atom. The first-order valence-electron chi connectivity index (χ1n) is 14.2. The summed E-state index contributed by atoms with van der Waals surface area (Å²) in [6, 6.07) is 2.57. The highest BCUT2D eigenvalue weighted by molar-refractivity contribution is 5.93. The number of morpholine rings is 1. The summed E-state index contributed by atoms with van der Waals surface area (Å²) in [5.74, 6) is -2.68. The van der Waals surface area contributed by atoms with Crippen molar-refractivity contribution in [3.05, 3.63) is 48.1 Å². The number of ether oxygens (including phenoxy) is 2. The Hall–Kier alpha value is -4.84. The predicted molar refractivity (Wildman–Crippen MR) is 155 cm³/mol. The molecule has 0 aliphatic carbocycles. The minimum absolute atomic E-state index is 0.212. The number of aromatic nitrogens is 4. The van der Waals surface area contributed by atoms with Crippen molar-refractivity contribution in [2.75, 3.05) is 76.4 Å². The number of amides is 3. The van der Waals surface area contributed by atoms with Crippen LogP contribution in [0, 0.1) is 0 Å². The highest BCUT2D eigenvalue weighted by atomic mass is 19.4. The summed E-state index contributed by atoms with van der Waals surface area (Å²) in [7, 11) is 1.08. The van der Waals surface area contributed by atoms with Crippen molar-refractivity contribution in [1.29, 1.82) is 0 Å². The summed E-state index contributed by atoms with van der Waals surface area (Å²) < 4.78 is 67.0. The van der Waals surface area contributed by atoms with Gasteiger partial charge in [-0.1, -0.05) is 6.58 Å². The number of hydrogen-bond acceptors (Lipinski definition) is 10. The minimum atomic E-state index is -4.82. The molecule has 0 radical (unpaired) electrons. The van der Waals surface area contributed by atoms with Crippen molar-refractivity contribution in [2.24, 2.45) is 0 Å². The van der Waals surface area contributed by atoms with Gasteiger partial charge in [0.05, 0.1) is 38.0 Å². The van der Waals surface area contributed by atoms with Crippen molar-refractivity contribution in [2.45, 2.75) is 12.7 Å². The van der Waals surface area contributed by atoms with E-state index in [-0.39, 0.29) is 29.7 Å². The number of methoxy groups -OCH3 is 1. The molecule has 3 aromatic rings. The van der Waals surface area contributed by atoms with E-state index in [1.54, 1.807) is 11.1 Å². The number of nitrogens with one attached hydrogen (secondary N) is 2. The largest absolute Gasteiger partial charge is 0.453 e. The lowest BCUT2D eigenvalue weighted by Crippen LogP contribution is -2.50. The Morgan fingerprint density at radius 1 is 1.09 bits per heavy atom. The number of halogens is 4. The van der Waals surface area contributed by atoms with Crippen LogP contribution in [0.5, 0.6) is 0 Å². The van der Waals surface area contributed by atoms with Gasteiger partial charge in [0.25, 0.3) is 5.91 Å². The molecule has 3 amide bonds. The van der Waals surface area contributed by atoms with E-state index in [1.165, 1.54) is 4.52 Å². The van der Waals surface area contributed by atoms with Crippen LogP contribution in [-0.2, 0) is 31.8 Å². The Kier molecular flexibility index (Phi) is 9.66. The summed E-state index contributed by atoms with van der Waals surface area (Å²) >= 11 is 0. The zero-order chi connectivity index (χ0) is 33.0. The molecule has 46 heavy (non-hydrogen) atoms. The highest BCUT2D eigenvalue weighted by Crippen LogP contribution is 2.38. The van der Waals surface area contributed by atoms with E-state index >= 15 is 0 Å². The van der Waals surface area contributed by atoms with Crippen molar-refractivity contribution in [1.82, 2.24) is 34.7 Å². The van der Waals surface area contributed by atoms with Gasteiger partial charge in [0.1, 0.15) is 11.3 Å². The van der Waals surface area contributed by atoms with E-state index in [0.29, 0.717) is 76.4 Å². The van der Waals surface area contributed by atoms with E-state index in [1.807, 2.05) is 11.0 Å². The summed E-state index contributed by atoms with van der Waals surface area (Å²) in [6.07, 6.45) is -3.11. The Balaban J connectivity index is 1.40. The fourth-order valence-electron chi connectivity index (χ4n) is 5.12. The summed E-state index contributed by atoms with van der Waals surface area (Å²) in [5, 5.41) is 8.76. The second kappa shape index (κ2) is 13.7. The van der Waals surface area contributed by atoms with E-state index in [9.17, 15) is 31.9 Å². The molecule has 5 heterocycles. The second-order valence-electron chi connectivity index (χ2n) is 10.5. The lowest BCUT2D eigenvalue weighted by molar-refractivity contribution is -0.137. The van der Waals surface area contributed by atoms with Gasteiger partial charge in [-0.2, -0.15) is 13.2 Å². The van der Waals surface area contributed by atoms with Gasteiger partial charge in [-0.15, -0.1) is 5.10 Å². The molecular weight excluding hydrogens is 618 g/mol. The van der Waals surface area contributed by atoms with Gasteiger partial charge in [0.15, 0.2) is 17.5 Å². The van der Waals surface area contributed by atoms with Crippen LogP contribution in [0.4, 0.5) is 34.0 Å². The normalized spacial score (nSPS) is 15.9. The number of piperazine rings is 1. The molecule has 2 saturated heterocycles. The maximum Gasteiger partial charge on any atom is 0.417 e. The van der Waals surface area contributed by atoms with Crippen LogP contribution in [-0.4, -0.2) is 113 Å². The number of nitrogens with zero attached hydrogens (tertiary/aromatic N) is 7. The molecule has 2 aliphatic heterocycles. The molecule has 0 saturated carbocycles. The van der Waals surface area contributed by atoms with E-state index in [2.05, 4.69) is 41.9 Å². The first-order chi connectivity index (χ1) is 21.9. The van der Waals surface area contributed by atoms with Gasteiger partial charge < -0.3 is 24.6 Å². The van der Waals surface area contributed by atoms with Crippen molar-refractivity contribution in [3.63, 3.8) is 0 Å². The second-order valence-corrected chi connectivity index (χ2v) is 10.5. The standard InChI is InChI=1S/C28H31F4N9O5/c1-17(29)26(43)34-14-23(42)39-5-3-38(4-6-39)15-18-11-21-25(40-7-9-46-10-8-40)36-24(37-41(21)16-18)19-13-33-22(35-27(44)45-2)12-20(19)28(30,31)32/h11-13,16H,1,3-10,14-15H2,2H3,(H,34,43)(H,33,35,44). The zero-order valence-electron chi connectivity index (χ0n) is 24.8. The summed E-state index contributed by atoms with van der Waals surface area (Å²) in [4.78, 5) is 49.5. The molecule has 2 N–H and O–H groups in total. The lowest BCUT2D eigenvalue weighted by atomic mass is 10.1. The lowest BCUT2D eigenvalue weighted by Gasteiger charge is -2.34. The van der Waals surface area contributed by atoms with Crippen LogP contribution in [0.25, 0.3) is 16.9 Å². The first-order valence-corrected chi connectivity index (χ1v) is 14.2. The molecule has 0 unspecified atom stereocenters. The number of rotatable bonds is 8. The Morgan fingerprint density at radius 2 is 1.80 bits per heavy atom. The molecule has 18 heteroatoms. The van der Waals surface area contributed by atoms with Crippen LogP contribution >= 0.6 is 0 Å². The predicted octanol–water partition coefficient (Wildman–Crippen LogP) is 2.07. The maximum absolute atomic E-state index is 14.2. The Bertz CT molecular complexity index is 1630. The molecule has 246 valence electrons. The molecule has 0 atom stereocenters. The summed E-state index contributed by atoms with van der Waals surface area (Å²) in [6.45, 7) is 6.58. The number of fused-ring (bicyclic) bond motifs is 1. The van der Waals surface area contributed by atoms with Crippen LogP contribution in [0.2, 0.25) is 0 Å². The van der Waals surface area contributed by atoms with E-state index < -0.39 is 29.6 Å². The number of carbonyl (C=O) groups excluding carboxylic acids is 3. The fourth-order valence-corrected chi connectivity index (χ4v) is 5.12. The van der Waals surface area contributed by atoms with Crippen LogP contribution in [0.1, 0.15) is 11.1 Å². The number of alkyl halides is 3.